The van der Waals surface area contributed by atoms with Crippen LogP contribution in [0.15, 0.2) is 54.1 Å². The molecule has 1 saturated carbocycles. The molecule has 2 atom stereocenters. The lowest BCUT2D eigenvalue weighted by molar-refractivity contribution is 0.0600. The lowest BCUT2D eigenvalue weighted by Gasteiger charge is -2.35. The summed E-state index contributed by atoms with van der Waals surface area (Å²) in [5.74, 6) is 0.934. The molecular formula is C24H29NO3. The molecule has 0 radical (unpaired) electrons. The molecule has 0 amide bonds. The van der Waals surface area contributed by atoms with Crippen molar-refractivity contribution >= 4 is 12.0 Å². The Labute approximate surface area is 167 Å². The number of carbonyl (C=O) groups is 1. The van der Waals surface area contributed by atoms with Crippen molar-refractivity contribution in [1.82, 2.24) is 4.90 Å². The van der Waals surface area contributed by atoms with Crippen molar-refractivity contribution in [3.63, 3.8) is 0 Å². The van der Waals surface area contributed by atoms with Crippen LogP contribution in [0.5, 0.6) is 5.75 Å². The summed E-state index contributed by atoms with van der Waals surface area (Å²) in [4.78, 5) is 14.0. The van der Waals surface area contributed by atoms with Crippen molar-refractivity contribution in [2.75, 3.05) is 27.7 Å². The van der Waals surface area contributed by atoms with Gasteiger partial charge in [0.25, 0.3) is 0 Å². The number of aromatic hydroxyl groups is 1. The molecule has 3 rings (SSSR count). The Morgan fingerprint density at radius 3 is 2.71 bits per heavy atom. The minimum Gasteiger partial charge on any atom is -0.508 e. The van der Waals surface area contributed by atoms with Gasteiger partial charge in [-0.2, -0.15) is 0 Å². The lowest BCUT2D eigenvalue weighted by Crippen LogP contribution is -2.29. The van der Waals surface area contributed by atoms with Gasteiger partial charge >= 0.3 is 5.97 Å². The van der Waals surface area contributed by atoms with E-state index in [2.05, 4.69) is 31.1 Å². The van der Waals surface area contributed by atoms with Crippen LogP contribution in [-0.2, 0) is 4.74 Å². The highest BCUT2D eigenvalue weighted by Crippen LogP contribution is 2.42. The molecule has 0 heterocycles. The standard InChI is InChI=1S/C24H29NO3/c1-25(2)16-21-11-10-18(14-23(21)19-7-5-9-22(26)15-19)12-17-6-4-8-20(13-17)24(27)28-3/h4-9,12-13,15,21,23,26H,10-11,14,16H2,1-3H3/b18-12+/t21-,23+/m0/s1. The molecule has 1 N–H and O–H groups in total. The zero-order valence-corrected chi connectivity index (χ0v) is 16.9. The van der Waals surface area contributed by atoms with Crippen LogP contribution in [0.25, 0.3) is 6.08 Å². The van der Waals surface area contributed by atoms with Crippen molar-refractivity contribution in [2.45, 2.75) is 25.2 Å². The molecule has 0 saturated heterocycles. The van der Waals surface area contributed by atoms with Crippen molar-refractivity contribution < 1.29 is 14.6 Å². The molecule has 0 spiro atoms. The number of methoxy groups -OCH3 is 1. The summed E-state index contributed by atoms with van der Waals surface area (Å²) >= 11 is 0. The maximum Gasteiger partial charge on any atom is 0.337 e. The Kier molecular flexibility index (Phi) is 6.53. The summed E-state index contributed by atoms with van der Waals surface area (Å²) in [5.41, 5.74) is 4.17. The zero-order valence-electron chi connectivity index (χ0n) is 16.9. The number of esters is 1. The highest BCUT2D eigenvalue weighted by Gasteiger charge is 2.29. The maximum atomic E-state index is 11.8. The second-order valence-electron chi connectivity index (χ2n) is 7.89. The second kappa shape index (κ2) is 9.07. The summed E-state index contributed by atoms with van der Waals surface area (Å²) in [6, 6.07) is 15.2. The number of allylic oxidation sites excluding steroid dienone is 1. The predicted octanol–water partition coefficient (Wildman–Crippen LogP) is 4.71. The summed E-state index contributed by atoms with van der Waals surface area (Å²) in [5, 5.41) is 9.95. The van der Waals surface area contributed by atoms with Crippen LogP contribution < -0.4 is 0 Å². The van der Waals surface area contributed by atoms with Gasteiger partial charge in [0.15, 0.2) is 0 Å². The van der Waals surface area contributed by atoms with E-state index in [1.807, 2.05) is 30.3 Å². The molecule has 1 aliphatic carbocycles. The third kappa shape index (κ3) is 5.02. The van der Waals surface area contributed by atoms with E-state index in [0.29, 0.717) is 23.1 Å². The van der Waals surface area contributed by atoms with Crippen molar-refractivity contribution in [2.24, 2.45) is 5.92 Å². The molecule has 0 bridgehead atoms. The molecule has 28 heavy (non-hydrogen) atoms. The highest BCUT2D eigenvalue weighted by atomic mass is 16.5. The highest BCUT2D eigenvalue weighted by molar-refractivity contribution is 5.90. The third-order valence-electron chi connectivity index (χ3n) is 5.46. The van der Waals surface area contributed by atoms with Gasteiger partial charge in [0.2, 0.25) is 0 Å². The van der Waals surface area contributed by atoms with Crippen molar-refractivity contribution in [1.29, 1.82) is 0 Å². The number of ether oxygens (including phenoxy) is 1. The number of hydrogen-bond acceptors (Lipinski definition) is 4. The summed E-state index contributed by atoms with van der Waals surface area (Å²) < 4.78 is 4.83. The molecule has 1 fully saturated rings. The number of hydrogen-bond donors (Lipinski definition) is 1. The first-order valence-corrected chi connectivity index (χ1v) is 9.77. The Morgan fingerprint density at radius 1 is 1.21 bits per heavy atom. The summed E-state index contributed by atoms with van der Waals surface area (Å²) in [7, 11) is 5.63. The quantitative estimate of drug-likeness (QED) is 0.765. The van der Waals surface area contributed by atoms with Crippen LogP contribution in [0.1, 0.15) is 46.7 Å². The summed E-state index contributed by atoms with van der Waals surface area (Å²) in [6.45, 7) is 1.03. The smallest absolute Gasteiger partial charge is 0.337 e. The number of carbonyl (C=O) groups excluding carboxylic acids is 1. The van der Waals surface area contributed by atoms with Crippen LogP contribution in [-0.4, -0.2) is 43.7 Å². The average Bonchev–Trinajstić information content (AvgIpc) is 2.68. The van der Waals surface area contributed by atoms with E-state index in [-0.39, 0.29) is 5.97 Å². The molecule has 4 nitrogen and oxygen atoms in total. The number of phenolic OH excluding ortho intramolecular Hbond substituents is 1. The minimum absolute atomic E-state index is 0.312. The van der Waals surface area contributed by atoms with E-state index in [1.165, 1.54) is 18.2 Å². The lowest BCUT2D eigenvalue weighted by atomic mass is 9.73. The molecule has 1 aliphatic rings. The Hall–Kier alpha value is -2.59. The van der Waals surface area contributed by atoms with Gasteiger partial charge in [0, 0.05) is 6.54 Å². The van der Waals surface area contributed by atoms with E-state index in [1.54, 1.807) is 12.1 Å². The average molecular weight is 380 g/mol. The molecule has 0 unspecified atom stereocenters. The van der Waals surface area contributed by atoms with Gasteiger partial charge in [-0.3, -0.25) is 0 Å². The van der Waals surface area contributed by atoms with Crippen LogP contribution in [0.4, 0.5) is 0 Å². The van der Waals surface area contributed by atoms with Gasteiger partial charge in [-0.1, -0.05) is 35.9 Å². The van der Waals surface area contributed by atoms with Gasteiger partial charge in [-0.15, -0.1) is 0 Å². The Morgan fingerprint density at radius 2 is 2.00 bits per heavy atom. The predicted molar refractivity (Wildman–Crippen MR) is 113 cm³/mol. The number of nitrogens with zero attached hydrogens (tertiary/aromatic N) is 1. The van der Waals surface area contributed by atoms with Crippen LogP contribution in [0.3, 0.4) is 0 Å². The number of benzene rings is 2. The van der Waals surface area contributed by atoms with Crippen molar-refractivity contribution in [3.8, 4) is 5.75 Å². The Balaban J connectivity index is 1.86. The monoisotopic (exact) mass is 379 g/mol. The van der Waals surface area contributed by atoms with Gasteiger partial charge in [-0.05, 0) is 80.6 Å². The van der Waals surface area contributed by atoms with E-state index >= 15 is 0 Å². The second-order valence-corrected chi connectivity index (χ2v) is 7.89. The Bertz CT molecular complexity index is 856. The normalized spacial score (nSPS) is 21.1. The molecule has 2 aromatic rings. The largest absolute Gasteiger partial charge is 0.508 e. The maximum absolute atomic E-state index is 11.8. The topological polar surface area (TPSA) is 49.8 Å². The minimum atomic E-state index is -0.312. The van der Waals surface area contributed by atoms with Gasteiger partial charge in [-0.25, -0.2) is 4.79 Å². The van der Waals surface area contributed by atoms with Gasteiger partial charge in [0.05, 0.1) is 12.7 Å². The van der Waals surface area contributed by atoms with Crippen LogP contribution in [0, 0.1) is 5.92 Å². The van der Waals surface area contributed by atoms with E-state index in [9.17, 15) is 9.90 Å². The van der Waals surface area contributed by atoms with Gasteiger partial charge < -0.3 is 14.7 Å². The number of rotatable bonds is 5. The van der Waals surface area contributed by atoms with E-state index in [4.69, 9.17) is 4.74 Å². The number of phenols is 1. The fourth-order valence-electron chi connectivity index (χ4n) is 4.20. The molecule has 0 aliphatic heterocycles. The fraction of sp³-hybridized carbons (Fsp3) is 0.375. The first-order valence-electron chi connectivity index (χ1n) is 9.77. The van der Waals surface area contributed by atoms with E-state index in [0.717, 1.165) is 31.4 Å². The van der Waals surface area contributed by atoms with Crippen LogP contribution in [0.2, 0.25) is 0 Å². The molecular weight excluding hydrogens is 350 g/mol. The van der Waals surface area contributed by atoms with E-state index < -0.39 is 0 Å². The molecule has 0 aromatic heterocycles. The molecule has 4 heteroatoms. The SMILES string of the molecule is COC(=O)c1cccc(/C=C2\CC[C@@H](CN(C)C)[C@@H](c3cccc(O)c3)C2)c1. The molecule has 2 aromatic carbocycles. The zero-order chi connectivity index (χ0) is 20.1. The van der Waals surface area contributed by atoms with Gasteiger partial charge in [0.1, 0.15) is 5.75 Å². The first-order chi connectivity index (χ1) is 13.5. The van der Waals surface area contributed by atoms with Crippen LogP contribution >= 0.6 is 0 Å². The molecule has 148 valence electrons. The third-order valence-corrected chi connectivity index (χ3v) is 5.46. The fourth-order valence-corrected chi connectivity index (χ4v) is 4.20. The first kappa shape index (κ1) is 20.2. The van der Waals surface area contributed by atoms with Crippen molar-refractivity contribution in [3.05, 3.63) is 70.8 Å². The summed E-state index contributed by atoms with van der Waals surface area (Å²) in [6.07, 6.45) is 5.33.